The van der Waals surface area contributed by atoms with Gasteiger partial charge < -0.3 is 9.64 Å². The van der Waals surface area contributed by atoms with Crippen LogP contribution in [0.5, 0.6) is 0 Å². The zero-order valence-electron chi connectivity index (χ0n) is 12.0. The summed E-state index contributed by atoms with van der Waals surface area (Å²) in [6, 6.07) is 9.86. The maximum Gasteiger partial charge on any atom is 0.410 e. The second kappa shape index (κ2) is 6.80. The average molecular weight is 284 g/mol. The second-order valence-corrected chi connectivity index (χ2v) is 6.10. The molecular formula is C15H22ClNO2. The van der Waals surface area contributed by atoms with Gasteiger partial charge in [-0.1, -0.05) is 30.3 Å². The highest BCUT2D eigenvalue weighted by Gasteiger charge is 2.20. The van der Waals surface area contributed by atoms with Gasteiger partial charge in [0.2, 0.25) is 0 Å². The lowest BCUT2D eigenvalue weighted by Crippen LogP contribution is -2.35. The summed E-state index contributed by atoms with van der Waals surface area (Å²) in [4.78, 5) is 13.3. The van der Waals surface area contributed by atoms with Crippen LogP contribution in [-0.2, 0) is 4.74 Å². The Balaban J connectivity index is 2.42. The Kier molecular flexibility index (Phi) is 5.67. The van der Waals surface area contributed by atoms with Gasteiger partial charge in [-0.15, -0.1) is 11.6 Å². The summed E-state index contributed by atoms with van der Waals surface area (Å²) in [7, 11) is 1.72. The number of rotatable bonds is 4. The summed E-state index contributed by atoms with van der Waals surface area (Å²) in [5.74, 6) is 0. The minimum Gasteiger partial charge on any atom is -0.444 e. The summed E-state index contributed by atoms with van der Waals surface area (Å²) < 4.78 is 5.28. The molecule has 0 bridgehead atoms. The van der Waals surface area contributed by atoms with Gasteiger partial charge in [0, 0.05) is 13.6 Å². The first-order valence-electron chi connectivity index (χ1n) is 6.43. The molecule has 1 unspecified atom stereocenters. The first kappa shape index (κ1) is 15.8. The van der Waals surface area contributed by atoms with Crippen LogP contribution in [0.15, 0.2) is 30.3 Å². The molecule has 1 aromatic carbocycles. The van der Waals surface area contributed by atoms with Gasteiger partial charge in [0.05, 0.1) is 5.38 Å². The summed E-state index contributed by atoms with van der Waals surface area (Å²) in [5.41, 5.74) is 0.604. The minimum absolute atomic E-state index is 0.0916. The van der Waals surface area contributed by atoms with Gasteiger partial charge in [0.25, 0.3) is 0 Å². The summed E-state index contributed by atoms with van der Waals surface area (Å²) in [6.45, 7) is 6.13. The lowest BCUT2D eigenvalue weighted by Gasteiger charge is -2.25. The van der Waals surface area contributed by atoms with E-state index in [0.717, 1.165) is 5.56 Å². The number of nitrogens with zero attached hydrogens (tertiary/aromatic N) is 1. The number of carbonyl (C=O) groups is 1. The van der Waals surface area contributed by atoms with Crippen LogP contribution in [0.3, 0.4) is 0 Å². The van der Waals surface area contributed by atoms with Crippen molar-refractivity contribution in [2.24, 2.45) is 0 Å². The lowest BCUT2D eigenvalue weighted by atomic mass is 10.1. The number of carbonyl (C=O) groups excluding carboxylic acids is 1. The minimum atomic E-state index is -0.467. The van der Waals surface area contributed by atoms with Crippen molar-refractivity contribution in [2.75, 3.05) is 13.6 Å². The van der Waals surface area contributed by atoms with Crippen LogP contribution in [0.4, 0.5) is 4.79 Å². The fourth-order valence-corrected chi connectivity index (χ4v) is 1.81. The van der Waals surface area contributed by atoms with Crippen LogP contribution in [-0.4, -0.2) is 30.2 Å². The maximum atomic E-state index is 11.8. The Bertz CT molecular complexity index is 400. The predicted molar refractivity (Wildman–Crippen MR) is 78.5 cm³/mol. The second-order valence-electron chi connectivity index (χ2n) is 5.57. The van der Waals surface area contributed by atoms with E-state index in [1.165, 1.54) is 0 Å². The van der Waals surface area contributed by atoms with E-state index >= 15 is 0 Å². The molecule has 3 nitrogen and oxygen atoms in total. The van der Waals surface area contributed by atoms with Crippen molar-refractivity contribution in [3.63, 3.8) is 0 Å². The smallest absolute Gasteiger partial charge is 0.410 e. The molecule has 0 spiro atoms. The van der Waals surface area contributed by atoms with E-state index in [1.54, 1.807) is 11.9 Å². The van der Waals surface area contributed by atoms with Crippen LogP contribution >= 0.6 is 11.6 Å². The van der Waals surface area contributed by atoms with Gasteiger partial charge in [-0.3, -0.25) is 0 Å². The third-order valence-electron chi connectivity index (χ3n) is 2.58. The Labute approximate surface area is 120 Å². The number of hydrogen-bond donors (Lipinski definition) is 0. The van der Waals surface area contributed by atoms with E-state index in [-0.39, 0.29) is 11.5 Å². The number of benzene rings is 1. The van der Waals surface area contributed by atoms with Gasteiger partial charge in [-0.05, 0) is 32.8 Å². The third kappa shape index (κ3) is 5.97. The molecule has 0 aliphatic heterocycles. The van der Waals surface area contributed by atoms with Gasteiger partial charge in [-0.25, -0.2) is 4.79 Å². The largest absolute Gasteiger partial charge is 0.444 e. The van der Waals surface area contributed by atoms with Crippen molar-refractivity contribution >= 4 is 17.7 Å². The Hall–Kier alpha value is -1.22. The number of alkyl halides is 1. The number of ether oxygens (including phenoxy) is 1. The topological polar surface area (TPSA) is 29.5 Å². The first-order chi connectivity index (χ1) is 8.79. The van der Waals surface area contributed by atoms with E-state index in [4.69, 9.17) is 16.3 Å². The molecule has 106 valence electrons. The molecule has 0 heterocycles. The highest BCUT2D eigenvalue weighted by Crippen LogP contribution is 2.24. The molecule has 0 aliphatic carbocycles. The molecule has 1 aromatic rings. The van der Waals surface area contributed by atoms with E-state index < -0.39 is 5.60 Å². The number of hydrogen-bond acceptors (Lipinski definition) is 2. The summed E-state index contributed by atoms with van der Waals surface area (Å²) >= 11 is 6.31. The molecule has 4 heteroatoms. The average Bonchev–Trinajstić information content (AvgIpc) is 2.34. The van der Waals surface area contributed by atoms with Gasteiger partial charge in [0.1, 0.15) is 5.60 Å². The SMILES string of the molecule is CN(CCC(Cl)c1ccccc1)C(=O)OC(C)(C)C. The molecule has 0 aromatic heterocycles. The third-order valence-corrected chi connectivity index (χ3v) is 3.05. The first-order valence-corrected chi connectivity index (χ1v) is 6.86. The number of halogens is 1. The van der Waals surface area contributed by atoms with Gasteiger partial charge in [0.15, 0.2) is 0 Å². The molecule has 0 aliphatic rings. The molecule has 0 N–H and O–H groups in total. The van der Waals surface area contributed by atoms with Crippen LogP contribution in [0.2, 0.25) is 0 Å². The lowest BCUT2D eigenvalue weighted by molar-refractivity contribution is 0.0297. The molecule has 0 saturated carbocycles. The quantitative estimate of drug-likeness (QED) is 0.774. The van der Waals surface area contributed by atoms with Gasteiger partial charge >= 0.3 is 6.09 Å². The fraction of sp³-hybridized carbons (Fsp3) is 0.533. The molecule has 0 saturated heterocycles. The van der Waals surface area contributed by atoms with Crippen LogP contribution in [0.1, 0.15) is 38.1 Å². The van der Waals surface area contributed by atoms with Crippen molar-refractivity contribution in [3.8, 4) is 0 Å². The summed E-state index contributed by atoms with van der Waals surface area (Å²) in [5, 5.41) is -0.0916. The van der Waals surface area contributed by atoms with E-state index in [9.17, 15) is 4.79 Å². The van der Waals surface area contributed by atoms with Crippen molar-refractivity contribution in [3.05, 3.63) is 35.9 Å². The molecule has 1 rings (SSSR count). The van der Waals surface area contributed by atoms with Crippen LogP contribution in [0, 0.1) is 0 Å². The Morgan fingerprint density at radius 3 is 2.42 bits per heavy atom. The Morgan fingerprint density at radius 1 is 1.32 bits per heavy atom. The molecule has 1 amide bonds. The maximum absolute atomic E-state index is 11.8. The molecule has 0 radical (unpaired) electrons. The monoisotopic (exact) mass is 283 g/mol. The zero-order chi connectivity index (χ0) is 14.5. The normalized spacial score (nSPS) is 12.9. The molecule has 1 atom stereocenters. The van der Waals surface area contributed by atoms with Crippen LogP contribution in [0.25, 0.3) is 0 Å². The van der Waals surface area contributed by atoms with Crippen molar-refractivity contribution in [1.29, 1.82) is 0 Å². The predicted octanol–water partition coefficient (Wildman–Crippen LogP) is 4.22. The highest BCUT2D eigenvalue weighted by molar-refractivity contribution is 6.20. The van der Waals surface area contributed by atoms with Crippen molar-refractivity contribution in [2.45, 2.75) is 38.2 Å². The molecular weight excluding hydrogens is 262 g/mol. The van der Waals surface area contributed by atoms with Crippen LogP contribution < -0.4 is 0 Å². The van der Waals surface area contributed by atoms with E-state index in [2.05, 4.69) is 0 Å². The van der Waals surface area contributed by atoms with Crippen molar-refractivity contribution in [1.82, 2.24) is 4.90 Å². The fourth-order valence-electron chi connectivity index (χ4n) is 1.57. The molecule has 19 heavy (non-hydrogen) atoms. The standard InChI is InChI=1S/C15H22ClNO2/c1-15(2,3)19-14(18)17(4)11-10-13(16)12-8-6-5-7-9-12/h5-9,13H,10-11H2,1-4H3. The zero-order valence-corrected chi connectivity index (χ0v) is 12.8. The van der Waals surface area contributed by atoms with Crippen molar-refractivity contribution < 1.29 is 9.53 Å². The summed E-state index contributed by atoms with van der Waals surface area (Å²) in [6.07, 6.45) is 0.380. The Morgan fingerprint density at radius 2 is 1.89 bits per heavy atom. The van der Waals surface area contributed by atoms with Gasteiger partial charge in [-0.2, -0.15) is 0 Å². The van der Waals surface area contributed by atoms with E-state index in [1.807, 2.05) is 51.1 Å². The highest BCUT2D eigenvalue weighted by atomic mass is 35.5. The number of amides is 1. The van der Waals surface area contributed by atoms with E-state index in [0.29, 0.717) is 13.0 Å². The molecule has 0 fully saturated rings.